The highest BCUT2D eigenvalue weighted by Gasteiger charge is 2.73. The normalized spacial score (nSPS) is 46.7. The Morgan fingerprint density at radius 1 is 1.36 bits per heavy atom. The van der Waals surface area contributed by atoms with Crippen molar-refractivity contribution in [1.82, 2.24) is 0 Å². The lowest BCUT2D eigenvalue weighted by molar-refractivity contribution is -0.157. The molecule has 1 saturated carbocycles. The highest BCUT2D eigenvalue weighted by atomic mass is 16.6. The van der Waals surface area contributed by atoms with Gasteiger partial charge in [0.15, 0.2) is 5.78 Å². The number of ketones is 1. The molecular weight excluding hydrogens is 284 g/mol. The zero-order valence-electron chi connectivity index (χ0n) is 14.0. The zero-order chi connectivity index (χ0) is 16.1. The van der Waals surface area contributed by atoms with E-state index in [9.17, 15) is 4.79 Å². The molecule has 2 heterocycles. The van der Waals surface area contributed by atoms with Crippen LogP contribution in [0.4, 0.5) is 0 Å². The van der Waals surface area contributed by atoms with E-state index in [1.54, 1.807) is 14.2 Å². The fourth-order valence-electron chi connectivity index (χ4n) is 4.00. The van der Waals surface area contributed by atoms with Gasteiger partial charge in [-0.1, -0.05) is 11.6 Å². The molecule has 3 fully saturated rings. The number of Topliss-reactive ketones (excluding diaryl/α,β-unsaturated/α-hetero) is 1. The van der Waals surface area contributed by atoms with Gasteiger partial charge in [0.2, 0.25) is 0 Å². The Morgan fingerprint density at radius 2 is 2.05 bits per heavy atom. The summed E-state index contributed by atoms with van der Waals surface area (Å²) in [6, 6.07) is 0. The maximum atomic E-state index is 12.6. The minimum Gasteiger partial charge on any atom is -0.373 e. The van der Waals surface area contributed by atoms with Gasteiger partial charge in [-0.05, 0) is 27.2 Å². The molecule has 0 amide bonds. The fourth-order valence-corrected chi connectivity index (χ4v) is 4.00. The van der Waals surface area contributed by atoms with E-state index in [0.29, 0.717) is 13.0 Å². The third-order valence-corrected chi connectivity index (χ3v) is 5.39. The van der Waals surface area contributed by atoms with Gasteiger partial charge in [-0.2, -0.15) is 0 Å². The van der Waals surface area contributed by atoms with Crippen LogP contribution in [0.3, 0.4) is 0 Å². The van der Waals surface area contributed by atoms with Gasteiger partial charge in [0.25, 0.3) is 0 Å². The summed E-state index contributed by atoms with van der Waals surface area (Å²) in [6.07, 6.45) is 2.80. The molecule has 3 rings (SSSR count). The smallest absolute Gasteiger partial charge is 0.190 e. The summed E-state index contributed by atoms with van der Waals surface area (Å²) in [7, 11) is 3.15. The Labute approximate surface area is 131 Å². The van der Waals surface area contributed by atoms with Crippen LogP contribution in [0.2, 0.25) is 0 Å². The quantitative estimate of drug-likeness (QED) is 0.573. The van der Waals surface area contributed by atoms with Crippen LogP contribution in [0.25, 0.3) is 0 Å². The molecule has 5 heteroatoms. The molecule has 1 unspecified atom stereocenters. The highest BCUT2D eigenvalue weighted by molar-refractivity contribution is 5.89. The molecule has 0 bridgehead atoms. The van der Waals surface area contributed by atoms with Crippen LogP contribution in [0.5, 0.6) is 0 Å². The van der Waals surface area contributed by atoms with E-state index < -0.39 is 12.2 Å². The number of hydrogen-bond acceptors (Lipinski definition) is 5. The summed E-state index contributed by atoms with van der Waals surface area (Å²) >= 11 is 0. The van der Waals surface area contributed by atoms with Crippen molar-refractivity contribution < 1.29 is 23.7 Å². The second-order valence-corrected chi connectivity index (χ2v) is 7.13. The molecule has 2 aliphatic heterocycles. The van der Waals surface area contributed by atoms with Gasteiger partial charge in [-0.3, -0.25) is 4.79 Å². The molecule has 0 N–H and O–H groups in total. The Bertz CT molecular complexity index is 491. The molecule has 2 saturated heterocycles. The minimum atomic E-state index is -0.525. The fraction of sp³-hybridized carbons (Fsp3) is 0.824. The Kier molecular flexibility index (Phi) is 3.96. The molecule has 0 aromatic carbocycles. The molecular formula is C17H26O5. The average molecular weight is 310 g/mol. The van der Waals surface area contributed by atoms with Crippen molar-refractivity contribution in [2.75, 3.05) is 20.8 Å². The zero-order valence-corrected chi connectivity index (χ0v) is 14.0. The third-order valence-electron chi connectivity index (χ3n) is 5.39. The van der Waals surface area contributed by atoms with Gasteiger partial charge in [0.1, 0.15) is 23.4 Å². The van der Waals surface area contributed by atoms with Crippen molar-refractivity contribution >= 4 is 5.78 Å². The maximum absolute atomic E-state index is 12.6. The van der Waals surface area contributed by atoms with Crippen molar-refractivity contribution in [3.05, 3.63) is 11.6 Å². The summed E-state index contributed by atoms with van der Waals surface area (Å²) in [5.74, 6) is -0.0618. The van der Waals surface area contributed by atoms with E-state index in [0.717, 1.165) is 6.42 Å². The highest BCUT2D eigenvalue weighted by Crippen LogP contribution is 2.58. The van der Waals surface area contributed by atoms with E-state index in [1.165, 1.54) is 5.57 Å². The number of carbonyl (C=O) groups is 1. The molecule has 6 atom stereocenters. The number of methoxy groups -OCH3 is 2. The molecule has 1 aliphatic carbocycles. The first-order chi connectivity index (χ1) is 10.4. The molecule has 124 valence electrons. The number of epoxide rings is 2. The number of ether oxygens (including phenoxy) is 4. The van der Waals surface area contributed by atoms with E-state index in [2.05, 4.69) is 26.8 Å². The first-order valence-electron chi connectivity index (χ1n) is 7.92. The van der Waals surface area contributed by atoms with Crippen molar-refractivity contribution in [3.63, 3.8) is 0 Å². The first-order valence-corrected chi connectivity index (χ1v) is 7.92. The third kappa shape index (κ3) is 2.44. The van der Waals surface area contributed by atoms with Gasteiger partial charge in [0, 0.05) is 20.6 Å². The standard InChI is InChI=1S/C17H26O5/c1-10(2)6-7-12-16(3,22-12)15-14(20-5)13(18)11(19-4)8-17(15)9-21-17/h6,11-12,14-15H,7-9H2,1-5H3/t11-,12-,14-,15-,16?,17+/m1/s1. The maximum Gasteiger partial charge on any atom is 0.190 e. The van der Waals surface area contributed by atoms with Crippen LogP contribution in [-0.2, 0) is 23.7 Å². The van der Waals surface area contributed by atoms with Crippen molar-refractivity contribution in [1.29, 1.82) is 0 Å². The number of allylic oxidation sites excluding steroid dienone is 1. The second-order valence-electron chi connectivity index (χ2n) is 7.13. The van der Waals surface area contributed by atoms with E-state index in [4.69, 9.17) is 18.9 Å². The molecule has 0 radical (unpaired) electrons. The summed E-state index contributed by atoms with van der Waals surface area (Å²) in [5, 5.41) is 0. The summed E-state index contributed by atoms with van der Waals surface area (Å²) in [6.45, 7) is 6.89. The predicted octanol–water partition coefficient (Wildman–Crippen LogP) is 1.89. The summed E-state index contributed by atoms with van der Waals surface area (Å²) in [5.41, 5.74) is 0.582. The predicted molar refractivity (Wildman–Crippen MR) is 80.7 cm³/mol. The number of rotatable bonds is 5. The van der Waals surface area contributed by atoms with Gasteiger partial charge in [-0.25, -0.2) is 0 Å². The Balaban J connectivity index is 1.83. The minimum absolute atomic E-state index is 0.00816. The lowest BCUT2D eigenvalue weighted by atomic mass is 9.68. The molecule has 22 heavy (non-hydrogen) atoms. The molecule has 3 aliphatic rings. The summed E-state index contributed by atoms with van der Waals surface area (Å²) in [4.78, 5) is 12.6. The lowest BCUT2D eigenvalue weighted by Crippen LogP contribution is -2.58. The van der Waals surface area contributed by atoms with Crippen LogP contribution >= 0.6 is 0 Å². The Hall–Kier alpha value is -0.750. The lowest BCUT2D eigenvalue weighted by Gasteiger charge is -2.40. The largest absolute Gasteiger partial charge is 0.373 e. The van der Waals surface area contributed by atoms with Gasteiger partial charge in [-0.15, -0.1) is 0 Å². The first kappa shape index (κ1) is 16.1. The Morgan fingerprint density at radius 3 is 2.55 bits per heavy atom. The molecule has 0 aromatic rings. The molecule has 5 nitrogen and oxygen atoms in total. The van der Waals surface area contributed by atoms with E-state index in [1.807, 2.05) is 0 Å². The van der Waals surface area contributed by atoms with Gasteiger partial charge in [0.05, 0.1) is 18.6 Å². The average Bonchev–Trinajstić information content (AvgIpc) is 3.37. The molecule has 1 spiro atoms. The van der Waals surface area contributed by atoms with Crippen molar-refractivity contribution in [3.8, 4) is 0 Å². The van der Waals surface area contributed by atoms with Crippen LogP contribution in [-0.4, -0.2) is 56.1 Å². The number of carbonyl (C=O) groups excluding carboxylic acids is 1. The van der Waals surface area contributed by atoms with Gasteiger partial charge >= 0.3 is 0 Å². The van der Waals surface area contributed by atoms with Crippen LogP contribution in [0.15, 0.2) is 11.6 Å². The van der Waals surface area contributed by atoms with Crippen molar-refractivity contribution in [2.24, 2.45) is 5.92 Å². The van der Waals surface area contributed by atoms with Crippen molar-refractivity contribution in [2.45, 2.75) is 63.1 Å². The SMILES string of the molecule is CO[C@@H]1C(=O)[C@H](OC)C[C@]2(CO2)[C@H]1C1(C)O[C@@H]1CC=C(C)C. The topological polar surface area (TPSA) is 60.6 Å². The molecule has 0 aromatic heterocycles. The second kappa shape index (κ2) is 5.41. The van der Waals surface area contributed by atoms with Crippen LogP contribution < -0.4 is 0 Å². The van der Waals surface area contributed by atoms with Crippen LogP contribution in [0, 0.1) is 5.92 Å². The van der Waals surface area contributed by atoms with E-state index >= 15 is 0 Å². The monoisotopic (exact) mass is 310 g/mol. The van der Waals surface area contributed by atoms with Crippen LogP contribution in [0.1, 0.15) is 33.6 Å². The van der Waals surface area contributed by atoms with E-state index in [-0.39, 0.29) is 29.0 Å². The number of hydrogen-bond donors (Lipinski definition) is 0. The van der Waals surface area contributed by atoms with Gasteiger partial charge < -0.3 is 18.9 Å². The summed E-state index contributed by atoms with van der Waals surface area (Å²) < 4.78 is 22.7.